The average Bonchev–Trinajstić information content (AvgIpc) is 3.01. The average molecular weight is 651 g/mol. The van der Waals surface area contributed by atoms with Crippen molar-refractivity contribution in [1.29, 1.82) is 0 Å². The number of quaternary nitrogens is 1. The first-order chi connectivity index (χ1) is 21.4. The molecule has 0 saturated carbocycles. The van der Waals surface area contributed by atoms with E-state index in [-0.39, 0.29) is 0 Å². The summed E-state index contributed by atoms with van der Waals surface area (Å²) in [4.78, 5) is 22.8. The number of hydrogen-bond acceptors (Lipinski definition) is 11. The Morgan fingerprint density at radius 1 is 0.822 bits per heavy atom. The molecule has 2 fully saturated rings. The van der Waals surface area contributed by atoms with Crippen LogP contribution >= 0.6 is 0 Å². The van der Waals surface area contributed by atoms with Crippen LogP contribution in [0.3, 0.4) is 0 Å². The van der Waals surface area contributed by atoms with Crippen LogP contribution < -0.4 is 10.4 Å². The number of amides is 1. The third-order valence-corrected chi connectivity index (χ3v) is 8.80. The fourth-order valence-electron chi connectivity index (χ4n) is 6.08. The largest absolute Gasteiger partial charge is 0.547 e. The Morgan fingerprint density at radius 2 is 1.31 bits per heavy atom. The number of aliphatic hydroxyl groups excluding tert-OH is 4. The number of carboxylic acids is 1. The number of nitrogens with zero attached hydrogens (tertiary/aromatic N) is 1. The monoisotopic (exact) mass is 650 g/mol. The summed E-state index contributed by atoms with van der Waals surface area (Å²) in [5.74, 6) is -2.15. The van der Waals surface area contributed by atoms with Crippen LogP contribution in [0.25, 0.3) is 0 Å². The van der Waals surface area contributed by atoms with E-state index in [1.807, 2.05) is 0 Å². The van der Waals surface area contributed by atoms with E-state index in [0.717, 1.165) is 7.11 Å². The molecule has 2 rings (SSSR count). The zero-order valence-corrected chi connectivity index (χ0v) is 28.6. The minimum Gasteiger partial charge on any atom is -0.547 e. The van der Waals surface area contributed by atoms with Gasteiger partial charge in [-0.25, -0.2) is 0 Å². The first-order valence-electron chi connectivity index (χ1n) is 16.8. The van der Waals surface area contributed by atoms with Crippen molar-refractivity contribution in [2.24, 2.45) is 0 Å². The smallest absolute Gasteiger partial charge is 0.217 e. The molecule has 2 aliphatic heterocycles. The van der Waals surface area contributed by atoms with Gasteiger partial charge in [-0.15, -0.1) is 0 Å². The molecule has 0 aromatic rings. The van der Waals surface area contributed by atoms with Gasteiger partial charge in [-0.1, -0.05) is 53.4 Å². The summed E-state index contributed by atoms with van der Waals surface area (Å²) in [5.41, 5.74) is 0. The van der Waals surface area contributed by atoms with Gasteiger partial charge in [0.15, 0.2) is 6.29 Å². The Labute approximate surface area is 269 Å². The number of nitrogens with one attached hydrogen (secondary N) is 1. The third-order valence-electron chi connectivity index (χ3n) is 8.80. The molecular weight excluding hydrogens is 588 g/mol. The summed E-state index contributed by atoms with van der Waals surface area (Å²) in [6.45, 7) is 17.3. The lowest BCUT2D eigenvalue weighted by molar-refractivity contribution is -0.929. The Bertz CT molecular complexity index is 797. The topological polar surface area (TPSA) is 187 Å². The third kappa shape index (κ3) is 12.6. The molecule has 2 heterocycles. The van der Waals surface area contributed by atoms with Gasteiger partial charge in [0.2, 0.25) is 5.91 Å². The number of ether oxygens (including phenoxy) is 4. The minimum atomic E-state index is -1.75. The molecule has 13 heteroatoms. The molecule has 0 bridgehead atoms. The van der Waals surface area contributed by atoms with E-state index >= 15 is 0 Å². The number of carbonyl (C=O) groups is 2. The fourth-order valence-corrected chi connectivity index (χ4v) is 6.08. The number of aliphatic hydroxyl groups is 4. The summed E-state index contributed by atoms with van der Waals surface area (Å²) in [5, 5.41) is 54.2. The van der Waals surface area contributed by atoms with Gasteiger partial charge in [-0.05, 0) is 32.6 Å². The Hall–Kier alpha value is -1.42. The van der Waals surface area contributed by atoms with Crippen LogP contribution in [0, 0.1) is 0 Å². The van der Waals surface area contributed by atoms with Gasteiger partial charge in [0.1, 0.15) is 42.7 Å². The molecule has 1 amide bonds. The molecule has 5 N–H and O–H groups in total. The van der Waals surface area contributed by atoms with Crippen molar-refractivity contribution in [3.05, 3.63) is 0 Å². The van der Waals surface area contributed by atoms with Crippen molar-refractivity contribution in [3.63, 3.8) is 0 Å². The highest BCUT2D eigenvalue weighted by atomic mass is 16.7. The maximum Gasteiger partial charge on any atom is 0.217 e. The van der Waals surface area contributed by atoms with E-state index in [1.165, 1.54) is 89.0 Å². The highest BCUT2D eigenvalue weighted by molar-refractivity contribution is 5.73. The van der Waals surface area contributed by atoms with E-state index in [4.69, 9.17) is 18.9 Å². The predicted molar refractivity (Wildman–Crippen MR) is 166 cm³/mol. The van der Waals surface area contributed by atoms with Gasteiger partial charge in [0.25, 0.3) is 0 Å². The van der Waals surface area contributed by atoms with Gasteiger partial charge in [0, 0.05) is 14.0 Å². The van der Waals surface area contributed by atoms with Crippen molar-refractivity contribution >= 4 is 11.9 Å². The second-order valence-corrected chi connectivity index (χ2v) is 12.5. The van der Waals surface area contributed by atoms with E-state index < -0.39 is 79.6 Å². The summed E-state index contributed by atoms with van der Waals surface area (Å²) < 4.78 is 22.5. The zero-order chi connectivity index (χ0) is 34.2. The number of methoxy groups -OCH3 is 1. The number of carbonyl (C=O) groups excluding carboxylic acids is 2. The minimum absolute atomic E-state index is 0.457. The number of hydrogen-bond donors (Lipinski definition) is 5. The summed E-state index contributed by atoms with van der Waals surface area (Å²) in [6.07, 6.45) is -1.67. The van der Waals surface area contributed by atoms with E-state index in [2.05, 4.69) is 33.0 Å². The van der Waals surface area contributed by atoms with Crippen molar-refractivity contribution in [1.82, 2.24) is 5.32 Å². The Morgan fingerprint density at radius 3 is 1.69 bits per heavy atom. The van der Waals surface area contributed by atoms with Crippen molar-refractivity contribution in [2.75, 3.05) is 39.9 Å². The summed E-state index contributed by atoms with van der Waals surface area (Å²) in [6, 6.07) is -0.912. The zero-order valence-electron chi connectivity index (χ0n) is 28.6. The highest BCUT2D eigenvalue weighted by Gasteiger charge is 2.51. The maximum atomic E-state index is 11.5. The van der Waals surface area contributed by atoms with E-state index in [9.17, 15) is 35.1 Å². The number of rotatable bonds is 18. The van der Waals surface area contributed by atoms with Crippen LogP contribution in [0.2, 0.25) is 0 Å². The van der Waals surface area contributed by atoms with Gasteiger partial charge in [0.05, 0.1) is 50.9 Å². The number of unbranched alkanes of at least 4 members (excludes halogenated alkanes) is 4. The molecule has 266 valence electrons. The summed E-state index contributed by atoms with van der Waals surface area (Å²) >= 11 is 0. The predicted octanol–water partition coefficient (Wildman–Crippen LogP) is 0.232. The van der Waals surface area contributed by atoms with Gasteiger partial charge in [-0.2, -0.15) is 0 Å². The Kier molecular flexibility index (Phi) is 19.8. The number of carboxylic acid groups (broad SMARTS) is 1. The summed E-state index contributed by atoms with van der Waals surface area (Å²) in [7, 11) is 1.13. The first kappa shape index (κ1) is 41.6. The molecule has 13 nitrogen and oxygen atoms in total. The van der Waals surface area contributed by atoms with Crippen molar-refractivity contribution < 1.29 is 58.6 Å². The lowest BCUT2D eigenvalue weighted by Crippen LogP contribution is -2.68. The van der Waals surface area contributed by atoms with Crippen molar-refractivity contribution in [2.45, 2.75) is 154 Å². The lowest BCUT2D eigenvalue weighted by atomic mass is 9.92. The molecule has 0 spiro atoms. The quantitative estimate of drug-likeness (QED) is 0.128. The van der Waals surface area contributed by atoms with Gasteiger partial charge in [-0.3, -0.25) is 4.79 Å². The van der Waals surface area contributed by atoms with Crippen LogP contribution in [0.4, 0.5) is 0 Å². The Balaban J connectivity index is 0.000000512. The van der Waals surface area contributed by atoms with Gasteiger partial charge < -0.3 is 59.1 Å². The maximum absolute atomic E-state index is 11.5. The molecule has 10 atom stereocenters. The molecule has 2 aliphatic rings. The van der Waals surface area contributed by atoms with E-state index in [0.29, 0.717) is 0 Å². The molecule has 0 aromatic heterocycles. The second kappa shape index (κ2) is 21.5. The van der Waals surface area contributed by atoms with Gasteiger partial charge >= 0.3 is 0 Å². The highest BCUT2D eigenvalue weighted by Crippen LogP contribution is 2.30. The first-order valence-corrected chi connectivity index (χ1v) is 16.8. The molecule has 0 radical (unpaired) electrons. The molecule has 10 unspecified atom stereocenters. The standard InChI is InChI=1S/C16H27NO11.C16H36N/c1-5-8(17-6(2)19)12(9(20)7(4-18)26-5)27-16-11(22)10(21)13(25-3)14(28-16)15(23)24;1-5-9-13-17(14-10-6-2,15-11-7-3)16-12-8-4/h5,7-14,16,18,20-22H,4H2,1-3H3,(H,17,19)(H,23,24);5-16H2,1-4H3/q;+1/p-1. The number of aliphatic carboxylic acids is 1. The molecule has 2 saturated heterocycles. The van der Waals surface area contributed by atoms with Crippen LogP contribution in [0.15, 0.2) is 0 Å². The fraction of sp³-hybridized carbons (Fsp3) is 0.938. The normalized spacial score (nSPS) is 32.0. The molecule has 45 heavy (non-hydrogen) atoms. The second-order valence-electron chi connectivity index (χ2n) is 12.5. The molecular formula is C32H62N2O11. The molecule has 0 aromatic carbocycles. The van der Waals surface area contributed by atoms with Crippen LogP contribution in [-0.4, -0.2) is 138 Å². The lowest BCUT2D eigenvalue weighted by Gasteiger charge is -2.47. The van der Waals surface area contributed by atoms with Crippen LogP contribution in [0.1, 0.15) is 92.9 Å². The van der Waals surface area contributed by atoms with Crippen LogP contribution in [-0.2, 0) is 28.5 Å². The molecule has 0 aliphatic carbocycles. The van der Waals surface area contributed by atoms with Crippen molar-refractivity contribution in [3.8, 4) is 0 Å². The van der Waals surface area contributed by atoms with E-state index in [1.54, 1.807) is 6.92 Å². The van der Waals surface area contributed by atoms with Crippen LogP contribution in [0.5, 0.6) is 0 Å². The SMILES string of the molecule is CCCC[N+](CCCC)(CCCC)CCCC.COC1C(C(=O)[O-])OC(OC2C(O)C(CO)OC(C)C2NC(C)=O)C(O)C1O.